The van der Waals surface area contributed by atoms with Crippen molar-refractivity contribution >= 4 is 150 Å². The molecule has 0 aliphatic heterocycles. The lowest BCUT2D eigenvalue weighted by Crippen LogP contribution is -1.94. The van der Waals surface area contributed by atoms with Crippen LogP contribution in [0.5, 0.6) is 0 Å². The molecule has 20 rings (SSSR count). The number of aromatic nitrogens is 4. The van der Waals surface area contributed by atoms with E-state index in [2.05, 4.69) is 322 Å². The maximum atomic E-state index is 2.49. The summed E-state index contributed by atoms with van der Waals surface area (Å²) in [5.41, 5.74) is 21.5. The molecule has 0 aliphatic carbocycles. The number of benzene rings is 14. The van der Waals surface area contributed by atoms with Gasteiger partial charge in [0.25, 0.3) is 0 Å². The molecule has 20 aromatic rings. The molecule has 0 saturated carbocycles. The normalized spacial score (nSPS) is 12.2. The van der Waals surface area contributed by atoms with Gasteiger partial charge in [-0.3, -0.25) is 0 Å². The van der Waals surface area contributed by atoms with Crippen LogP contribution in [-0.2, 0) is 0 Å². The first kappa shape index (κ1) is 49.8. The van der Waals surface area contributed by atoms with Crippen molar-refractivity contribution in [1.29, 1.82) is 0 Å². The van der Waals surface area contributed by atoms with Crippen LogP contribution in [0, 0.1) is 0 Å². The van der Waals surface area contributed by atoms with Crippen LogP contribution in [0.15, 0.2) is 303 Å². The molecule has 0 aliphatic rings. The van der Waals surface area contributed by atoms with Crippen molar-refractivity contribution in [1.82, 2.24) is 18.3 Å². The van der Waals surface area contributed by atoms with Crippen LogP contribution < -0.4 is 0 Å². The van der Waals surface area contributed by atoms with Gasteiger partial charge in [0.05, 0.1) is 54.5 Å². The highest BCUT2D eigenvalue weighted by Gasteiger charge is 2.21. The Morgan fingerprint density at radius 1 is 0.178 bits per heavy atom. The number of thiophene rings is 2. The molecule has 6 heteroatoms. The van der Waals surface area contributed by atoms with Crippen LogP contribution in [-0.4, -0.2) is 18.3 Å². The van der Waals surface area contributed by atoms with Gasteiger partial charge in [0, 0.05) is 95.8 Å². The van der Waals surface area contributed by atoms with E-state index in [-0.39, 0.29) is 0 Å². The average molecular weight is 1180 g/mol. The fourth-order valence-electron chi connectivity index (χ4n) is 15.1. The van der Waals surface area contributed by atoms with Gasteiger partial charge in [-0.05, 0) is 173 Å². The SMILES string of the molecule is c1ccc(-n2c3ccccc3c3cc(-c4ccc5c(c4)c4ccccc4n5-c4cccc5c4sc4ccc(-c6ccc(-n7c8ccccc8c8cc(-c9ccc%10c(c9)c9ccccc9n%10-c9ccc%10sc%11ccccc%11c%10c9)ccc87)cc6)cc45)ccc32)cc1. The van der Waals surface area contributed by atoms with Gasteiger partial charge in [-0.15, -0.1) is 22.7 Å². The summed E-state index contributed by atoms with van der Waals surface area (Å²) >= 11 is 3.75. The van der Waals surface area contributed by atoms with Gasteiger partial charge in [-0.25, -0.2) is 0 Å². The molecule has 0 amide bonds. The molecule has 4 nitrogen and oxygen atoms in total. The summed E-state index contributed by atoms with van der Waals surface area (Å²) in [6, 6.07) is 113. The molecule has 0 unspecified atom stereocenters. The third kappa shape index (κ3) is 7.29. The van der Waals surface area contributed by atoms with Crippen molar-refractivity contribution in [2.75, 3.05) is 0 Å². The summed E-state index contributed by atoms with van der Waals surface area (Å²) in [5, 5.41) is 15.2. The number of rotatable bonds is 7. The van der Waals surface area contributed by atoms with E-state index in [1.807, 2.05) is 22.7 Å². The molecule has 0 atom stereocenters. The minimum absolute atomic E-state index is 1.14. The van der Waals surface area contributed by atoms with Crippen LogP contribution >= 0.6 is 22.7 Å². The number of hydrogen-bond donors (Lipinski definition) is 0. The van der Waals surface area contributed by atoms with Crippen molar-refractivity contribution < 1.29 is 0 Å². The second-order valence-electron chi connectivity index (χ2n) is 24.0. The monoisotopic (exact) mass is 1180 g/mol. The van der Waals surface area contributed by atoms with Gasteiger partial charge in [0.15, 0.2) is 0 Å². The zero-order valence-corrected chi connectivity index (χ0v) is 50.1. The Balaban J connectivity index is 0.638. The van der Waals surface area contributed by atoms with E-state index in [0.29, 0.717) is 0 Å². The molecule has 0 spiro atoms. The Morgan fingerprint density at radius 3 is 1.08 bits per heavy atom. The third-order valence-electron chi connectivity index (χ3n) is 19.2. The van der Waals surface area contributed by atoms with Gasteiger partial charge in [0.2, 0.25) is 0 Å². The Bertz CT molecular complexity index is 6400. The molecular weight excluding hydrogens is 1130 g/mol. The average Bonchev–Trinajstić information content (AvgIpc) is 1.66. The first-order valence-corrected chi connectivity index (χ1v) is 32.4. The second kappa shape index (κ2) is 19.1. The number of fused-ring (bicyclic) bond motifs is 18. The van der Waals surface area contributed by atoms with Crippen LogP contribution in [0.3, 0.4) is 0 Å². The zero-order chi connectivity index (χ0) is 58.7. The third-order valence-corrected chi connectivity index (χ3v) is 21.5. The largest absolute Gasteiger partial charge is 0.309 e. The smallest absolute Gasteiger partial charge is 0.0640 e. The topological polar surface area (TPSA) is 19.7 Å². The molecule has 0 radical (unpaired) electrons. The molecule has 0 bridgehead atoms. The van der Waals surface area contributed by atoms with Gasteiger partial charge in [-0.2, -0.15) is 0 Å². The second-order valence-corrected chi connectivity index (χ2v) is 26.1. The van der Waals surface area contributed by atoms with Crippen LogP contribution in [0.2, 0.25) is 0 Å². The molecule has 6 aromatic heterocycles. The number of para-hydroxylation sites is 5. The molecule has 6 heterocycles. The van der Waals surface area contributed by atoms with E-state index in [4.69, 9.17) is 0 Å². The lowest BCUT2D eigenvalue weighted by molar-refractivity contribution is 1.18. The maximum absolute atomic E-state index is 2.49. The molecule has 418 valence electrons. The molecule has 90 heavy (non-hydrogen) atoms. The standard InChI is InChI=1S/C84H50N4S2/c1-2-15-57(16-3-1)85-72-23-9-4-17-60(72)66-45-54(31-39-76(66)85)56-34-42-79-69(48-56)63-20-7-12-26-75(63)88(79)80-27-14-22-65-70-49-52(35-43-83(70)90-84(65)80)51-29-36-58(37-30-51)86-73-24-10-5-18-61(73)67-46-53(32-40-77(67)86)55-33-41-78-68(47-55)62-19-6-11-25-74(62)87(78)59-38-44-82-71(50-59)64-21-8-13-28-81(64)89-82/h1-50H. The summed E-state index contributed by atoms with van der Waals surface area (Å²) in [7, 11) is 0. The van der Waals surface area contributed by atoms with E-state index in [1.54, 1.807) is 0 Å². The Kier molecular flexibility index (Phi) is 10.6. The van der Waals surface area contributed by atoms with Crippen LogP contribution in [0.1, 0.15) is 0 Å². The van der Waals surface area contributed by atoms with E-state index < -0.39 is 0 Å². The summed E-state index contributed by atoms with van der Waals surface area (Å²) in [4.78, 5) is 0. The van der Waals surface area contributed by atoms with Crippen molar-refractivity contribution in [3.05, 3.63) is 303 Å². The van der Waals surface area contributed by atoms with Crippen molar-refractivity contribution in [3.8, 4) is 56.1 Å². The van der Waals surface area contributed by atoms with Gasteiger partial charge >= 0.3 is 0 Å². The predicted molar refractivity (Wildman–Crippen MR) is 386 cm³/mol. The van der Waals surface area contributed by atoms with Gasteiger partial charge in [0.1, 0.15) is 0 Å². The molecule has 0 N–H and O–H groups in total. The van der Waals surface area contributed by atoms with Crippen LogP contribution in [0.25, 0.3) is 184 Å². The highest BCUT2D eigenvalue weighted by Crippen LogP contribution is 2.46. The summed E-state index contributed by atoms with van der Waals surface area (Å²) < 4.78 is 15.0. The van der Waals surface area contributed by atoms with Crippen LogP contribution in [0.4, 0.5) is 0 Å². The van der Waals surface area contributed by atoms with E-state index >= 15 is 0 Å². The summed E-state index contributed by atoms with van der Waals surface area (Å²) in [6.45, 7) is 0. The lowest BCUT2D eigenvalue weighted by Gasteiger charge is -2.11. The number of nitrogens with zero attached hydrogens (tertiary/aromatic N) is 4. The first-order chi connectivity index (χ1) is 44.6. The van der Waals surface area contributed by atoms with Crippen molar-refractivity contribution in [2.24, 2.45) is 0 Å². The fourth-order valence-corrected chi connectivity index (χ4v) is 17.3. The molecule has 0 fully saturated rings. The van der Waals surface area contributed by atoms with Gasteiger partial charge < -0.3 is 18.3 Å². The fraction of sp³-hybridized carbons (Fsp3) is 0. The Morgan fingerprint density at radius 2 is 0.522 bits per heavy atom. The van der Waals surface area contributed by atoms with E-state index in [0.717, 1.165) is 5.69 Å². The quantitative estimate of drug-likeness (QED) is 0.152. The highest BCUT2D eigenvalue weighted by atomic mass is 32.1. The maximum Gasteiger partial charge on any atom is 0.0640 e. The zero-order valence-electron chi connectivity index (χ0n) is 48.5. The lowest BCUT2D eigenvalue weighted by atomic mass is 10.0. The molecule has 14 aromatic carbocycles. The summed E-state index contributed by atoms with van der Waals surface area (Å²) in [6.07, 6.45) is 0. The Hall–Kier alpha value is -11.3. The first-order valence-electron chi connectivity index (χ1n) is 30.8. The number of hydrogen-bond acceptors (Lipinski definition) is 2. The molecular formula is C84H50N4S2. The molecule has 0 saturated heterocycles. The Labute approximate surface area is 524 Å². The predicted octanol–water partition coefficient (Wildman–Crippen LogP) is 23.8. The van der Waals surface area contributed by atoms with Crippen molar-refractivity contribution in [3.63, 3.8) is 0 Å². The van der Waals surface area contributed by atoms with Crippen molar-refractivity contribution in [2.45, 2.75) is 0 Å². The van der Waals surface area contributed by atoms with E-state index in [9.17, 15) is 0 Å². The van der Waals surface area contributed by atoms with E-state index in [1.165, 1.54) is 178 Å². The van der Waals surface area contributed by atoms with Gasteiger partial charge in [-0.1, -0.05) is 164 Å². The minimum atomic E-state index is 1.14. The minimum Gasteiger partial charge on any atom is -0.309 e. The highest BCUT2D eigenvalue weighted by molar-refractivity contribution is 7.26. The summed E-state index contributed by atoms with van der Waals surface area (Å²) in [5.74, 6) is 0.